The number of fused-ring (bicyclic) bond motifs is 1. The molecule has 2 atom stereocenters. The summed E-state index contributed by atoms with van der Waals surface area (Å²) in [5, 5.41) is 16.2. The first kappa shape index (κ1) is 24.0. The van der Waals surface area contributed by atoms with E-state index in [0.717, 1.165) is 60.1 Å². The van der Waals surface area contributed by atoms with Crippen molar-refractivity contribution in [2.24, 2.45) is 17.8 Å². The van der Waals surface area contributed by atoms with Crippen molar-refractivity contribution in [1.29, 1.82) is 0 Å². The Hall–Kier alpha value is -1.73. The van der Waals surface area contributed by atoms with Crippen LogP contribution in [0.2, 0.25) is 5.02 Å². The molecule has 1 amide bonds. The van der Waals surface area contributed by atoms with Crippen molar-refractivity contribution in [2.75, 3.05) is 31.6 Å². The summed E-state index contributed by atoms with van der Waals surface area (Å²) in [7, 11) is 0. The smallest absolute Gasteiger partial charge is 0.228 e. The zero-order chi connectivity index (χ0) is 24.0. The first-order valence-electron chi connectivity index (χ1n) is 12.7. The molecule has 2 aromatic rings. The number of rotatable bonds is 5. The van der Waals surface area contributed by atoms with Gasteiger partial charge in [0.05, 0.1) is 24.9 Å². The third-order valence-electron chi connectivity index (χ3n) is 8.62. The Bertz CT molecular complexity index is 1060. The Balaban J connectivity index is 1.27. The topological polar surface area (TPSA) is 74.7 Å². The normalized spacial score (nSPS) is 30.6. The average Bonchev–Trinajstić information content (AvgIpc) is 3.11. The first-order valence-corrected chi connectivity index (χ1v) is 13.0. The van der Waals surface area contributed by atoms with Crippen LogP contribution in [0.15, 0.2) is 24.4 Å². The summed E-state index contributed by atoms with van der Waals surface area (Å²) in [6.07, 6.45) is 5.27. The number of hydrogen-bond donors (Lipinski definition) is 2. The summed E-state index contributed by atoms with van der Waals surface area (Å²) in [6, 6.07) is 6.13. The fraction of sp³-hybridized carbons (Fsp3) is 0.630. The predicted molar refractivity (Wildman–Crippen MR) is 135 cm³/mol. The molecule has 184 valence electrons. The lowest BCUT2D eigenvalue weighted by molar-refractivity contribution is -0.124. The van der Waals surface area contributed by atoms with E-state index in [2.05, 4.69) is 42.0 Å². The van der Waals surface area contributed by atoms with Gasteiger partial charge in [-0.15, -0.1) is 0 Å². The van der Waals surface area contributed by atoms with Crippen molar-refractivity contribution >= 4 is 34.1 Å². The Labute approximate surface area is 207 Å². The van der Waals surface area contributed by atoms with Gasteiger partial charge in [0.25, 0.3) is 0 Å². The molecule has 34 heavy (non-hydrogen) atoms. The molecule has 1 saturated carbocycles. The van der Waals surface area contributed by atoms with Gasteiger partial charge in [-0.2, -0.15) is 0 Å². The van der Waals surface area contributed by atoms with E-state index in [0.29, 0.717) is 36.8 Å². The lowest BCUT2D eigenvalue weighted by atomic mass is 9.69. The number of halogens is 1. The quantitative estimate of drug-likeness (QED) is 0.634. The van der Waals surface area contributed by atoms with E-state index in [1.165, 1.54) is 0 Å². The molecule has 2 saturated heterocycles. The fourth-order valence-corrected chi connectivity index (χ4v) is 6.20. The van der Waals surface area contributed by atoms with Crippen LogP contribution in [0.4, 0.5) is 5.82 Å². The van der Waals surface area contributed by atoms with Gasteiger partial charge in [-0.1, -0.05) is 25.4 Å². The highest BCUT2D eigenvalue weighted by Crippen LogP contribution is 2.40. The number of anilines is 1. The Morgan fingerprint density at radius 1 is 1.24 bits per heavy atom. The number of nitrogens with zero attached hydrogens (tertiary/aromatic N) is 2. The van der Waals surface area contributed by atoms with Gasteiger partial charge in [-0.3, -0.25) is 9.69 Å². The highest BCUT2D eigenvalue weighted by molar-refractivity contribution is 6.32. The second-order valence-electron chi connectivity index (χ2n) is 11.1. The standard InChI is InChI=1S/C27H36ClN3O3/c1-16(2)18-8-20(9-18)26(33)30-25-12-19-10-22(23(28)11-21(19)13-29-25)17-4-6-31(7-5-17)27(3)15-34-14-24(27)32/h10-13,16-18,20,24,32H,4-9,14-15H2,1-3H3,(H,29,30,33). The number of nitrogens with one attached hydrogen (secondary N) is 1. The van der Waals surface area contributed by atoms with Crippen LogP contribution in [0.25, 0.3) is 10.8 Å². The molecule has 2 aliphatic heterocycles. The zero-order valence-electron chi connectivity index (χ0n) is 20.4. The number of carbonyl (C=O) groups is 1. The van der Waals surface area contributed by atoms with Crippen LogP contribution in [-0.2, 0) is 9.53 Å². The van der Waals surface area contributed by atoms with Crippen molar-refractivity contribution in [1.82, 2.24) is 9.88 Å². The van der Waals surface area contributed by atoms with Crippen molar-refractivity contribution in [3.63, 3.8) is 0 Å². The van der Waals surface area contributed by atoms with Crippen molar-refractivity contribution in [3.05, 3.63) is 35.0 Å². The van der Waals surface area contributed by atoms with Crippen LogP contribution < -0.4 is 5.32 Å². The number of aliphatic hydroxyl groups is 1. The Kier molecular flexibility index (Phi) is 6.62. The van der Waals surface area contributed by atoms with Crippen molar-refractivity contribution in [3.8, 4) is 0 Å². The van der Waals surface area contributed by atoms with Crippen LogP contribution in [-0.4, -0.2) is 58.8 Å². The summed E-state index contributed by atoms with van der Waals surface area (Å²) < 4.78 is 5.54. The molecule has 1 aliphatic carbocycles. The Morgan fingerprint density at radius 3 is 2.62 bits per heavy atom. The predicted octanol–water partition coefficient (Wildman–Crippen LogP) is 4.84. The maximum Gasteiger partial charge on any atom is 0.228 e. The van der Waals surface area contributed by atoms with E-state index >= 15 is 0 Å². The molecule has 2 unspecified atom stereocenters. The number of likely N-dealkylation sites (tertiary alicyclic amines) is 1. The number of aromatic nitrogens is 1. The number of carbonyl (C=O) groups excluding carboxylic acids is 1. The number of hydrogen-bond acceptors (Lipinski definition) is 5. The fourth-order valence-electron chi connectivity index (χ4n) is 5.87. The molecular weight excluding hydrogens is 450 g/mol. The van der Waals surface area contributed by atoms with E-state index in [1.54, 1.807) is 6.20 Å². The van der Waals surface area contributed by atoms with Gasteiger partial charge in [0.15, 0.2) is 0 Å². The van der Waals surface area contributed by atoms with Crippen LogP contribution >= 0.6 is 11.6 Å². The summed E-state index contributed by atoms with van der Waals surface area (Å²) >= 11 is 6.71. The lowest BCUT2D eigenvalue weighted by Gasteiger charge is -2.43. The van der Waals surface area contributed by atoms with Crippen LogP contribution in [0.5, 0.6) is 0 Å². The van der Waals surface area contributed by atoms with Gasteiger partial charge in [0.2, 0.25) is 5.91 Å². The molecule has 0 spiro atoms. The zero-order valence-corrected chi connectivity index (χ0v) is 21.1. The number of amides is 1. The molecule has 3 aliphatic rings. The molecule has 3 fully saturated rings. The van der Waals surface area contributed by atoms with Crippen molar-refractivity contribution in [2.45, 2.75) is 64.0 Å². The molecule has 3 heterocycles. The molecule has 2 N–H and O–H groups in total. The minimum atomic E-state index is -0.439. The van der Waals surface area contributed by atoms with E-state index in [1.807, 2.05) is 12.1 Å². The Morgan fingerprint density at radius 2 is 1.97 bits per heavy atom. The monoisotopic (exact) mass is 485 g/mol. The van der Waals surface area contributed by atoms with E-state index < -0.39 is 6.10 Å². The van der Waals surface area contributed by atoms with Crippen molar-refractivity contribution < 1.29 is 14.6 Å². The third-order valence-corrected chi connectivity index (χ3v) is 8.95. The minimum absolute atomic E-state index is 0.0804. The maximum atomic E-state index is 12.7. The third kappa shape index (κ3) is 4.46. The van der Waals surface area contributed by atoms with Crippen LogP contribution in [0.3, 0.4) is 0 Å². The SMILES string of the molecule is CC(C)C1CC(C(=O)Nc2cc3cc(C4CCN(C5(C)COCC5O)CC4)c(Cl)cc3cn2)C1. The molecule has 7 heteroatoms. The van der Waals surface area contributed by atoms with E-state index in [9.17, 15) is 9.90 Å². The molecule has 1 aromatic carbocycles. The number of piperidine rings is 1. The molecule has 6 nitrogen and oxygen atoms in total. The van der Waals surface area contributed by atoms with E-state index in [-0.39, 0.29) is 17.4 Å². The van der Waals surface area contributed by atoms with Gasteiger partial charge in [0.1, 0.15) is 5.82 Å². The van der Waals surface area contributed by atoms with Gasteiger partial charge >= 0.3 is 0 Å². The summed E-state index contributed by atoms with van der Waals surface area (Å²) in [5.74, 6) is 2.45. The van der Waals surface area contributed by atoms with Gasteiger partial charge in [-0.05, 0) is 92.6 Å². The summed E-state index contributed by atoms with van der Waals surface area (Å²) in [4.78, 5) is 19.5. The van der Waals surface area contributed by atoms with Crippen LogP contribution in [0, 0.1) is 17.8 Å². The first-order chi connectivity index (χ1) is 16.2. The number of ether oxygens (including phenoxy) is 1. The minimum Gasteiger partial charge on any atom is -0.389 e. The molecular formula is C27H36ClN3O3. The second-order valence-corrected chi connectivity index (χ2v) is 11.5. The molecule has 1 aromatic heterocycles. The molecule has 5 rings (SSSR count). The highest BCUT2D eigenvalue weighted by atomic mass is 35.5. The van der Waals surface area contributed by atoms with Gasteiger partial charge in [-0.25, -0.2) is 4.98 Å². The number of benzene rings is 1. The lowest BCUT2D eigenvalue weighted by Crippen LogP contribution is -2.56. The maximum absolute atomic E-state index is 12.7. The highest BCUT2D eigenvalue weighted by Gasteiger charge is 2.45. The number of aliphatic hydroxyl groups excluding tert-OH is 1. The summed E-state index contributed by atoms with van der Waals surface area (Å²) in [5.41, 5.74) is 0.858. The van der Waals surface area contributed by atoms with Gasteiger partial charge < -0.3 is 15.2 Å². The van der Waals surface area contributed by atoms with Crippen LogP contribution in [0.1, 0.15) is 57.9 Å². The van der Waals surface area contributed by atoms with E-state index in [4.69, 9.17) is 16.3 Å². The number of pyridine rings is 1. The molecule has 0 radical (unpaired) electrons. The van der Waals surface area contributed by atoms with Gasteiger partial charge in [0, 0.05) is 22.5 Å². The largest absolute Gasteiger partial charge is 0.389 e. The average molecular weight is 486 g/mol. The molecule has 0 bridgehead atoms. The second kappa shape index (κ2) is 9.38. The summed E-state index contributed by atoms with van der Waals surface area (Å²) in [6.45, 7) is 9.36.